The van der Waals surface area contributed by atoms with Gasteiger partial charge in [0.15, 0.2) is 0 Å². The maximum absolute atomic E-state index is 12.1. The second kappa shape index (κ2) is 4.71. The average molecular weight is 307 g/mol. The highest BCUT2D eigenvalue weighted by molar-refractivity contribution is 7.17. The Bertz CT molecular complexity index is 1080. The Labute approximate surface area is 130 Å². The molecule has 0 amide bonds. The van der Waals surface area contributed by atoms with E-state index in [1.54, 1.807) is 12.1 Å². The van der Waals surface area contributed by atoms with Crippen LogP contribution in [0.5, 0.6) is 5.75 Å². The van der Waals surface area contributed by atoms with Gasteiger partial charge in [-0.3, -0.25) is 4.79 Å². The summed E-state index contributed by atoms with van der Waals surface area (Å²) in [5.41, 5.74) is 3.49. The summed E-state index contributed by atoms with van der Waals surface area (Å²) in [7, 11) is 0. The van der Waals surface area contributed by atoms with Crippen molar-refractivity contribution in [3.8, 4) is 16.9 Å². The van der Waals surface area contributed by atoms with Crippen molar-refractivity contribution in [2.75, 3.05) is 0 Å². The molecule has 108 valence electrons. The number of hydrogen-bond donors (Lipinski definition) is 2. The third-order valence-electron chi connectivity index (χ3n) is 3.88. The van der Waals surface area contributed by atoms with Gasteiger partial charge in [0, 0.05) is 21.9 Å². The van der Waals surface area contributed by atoms with Gasteiger partial charge in [-0.1, -0.05) is 29.8 Å². The van der Waals surface area contributed by atoms with Crippen molar-refractivity contribution in [1.29, 1.82) is 0 Å². The van der Waals surface area contributed by atoms with Gasteiger partial charge >= 0.3 is 0 Å². The van der Waals surface area contributed by atoms with Crippen molar-refractivity contribution >= 4 is 32.3 Å². The van der Waals surface area contributed by atoms with Crippen LogP contribution in [0.1, 0.15) is 5.56 Å². The Morgan fingerprint density at radius 1 is 1.14 bits per heavy atom. The standard InChI is InChI=1S/C18H13NO2S/c1-10-3-2-4-11(9-10)15-14(20)6-5-13-16(15)12-7-8-22-17(12)18(21)19-13/h2-9,20H,1H3,(H,19,21). The maximum Gasteiger partial charge on any atom is 0.266 e. The zero-order valence-electron chi connectivity index (χ0n) is 11.9. The van der Waals surface area contributed by atoms with Gasteiger partial charge in [0.05, 0.1) is 0 Å². The van der Waals surface area contributed by atoms with E-state index < -0.39 is 0 Å². The van der Waals surface area contributed by atoms with E-state index >= 15 is 0 Å². The first-order valence-electron chi connectivity index (χ1n) is 6.97. The van der Waals surface area contributed by atoms with Crippen molar-refractivity contribution in [1.82, 2.24) is 4.98 Å². The summed E-state index contributed by atoms with van der Waals surface area (Å²) in [6, 6.07) is 13.3. The predicted octanol–water partition coefficient (Wildman–Crippen LogP) is 4.42. The monoisotopic (exact) mass is 307 g/mol. The van der Waals surface area contributed by atoms with Crippen LogP contribution in [0.25, 0.3) is 32.1 Å². The molecule has 0 bridgehead atoms. The first-order valence-corrected chi connectivity index (χ1v) is 7.85. The number of aryl methyl sites for hydroxylation is 1. The van der Waals surface area contributed by atoms with E-state index in [2.05, 4.69) is 4.98 Å². The number of pyridine rings is 1. The molecule has 0 aliphatic rings. The highest BCUT2D eigenvalue weighted by atomic mass is 32.1. The van der Waals surface area contributed by atoms with Gasteiger partial charge in [-0.15, -0.1) is 11.3 Å². The van der Waals surface area contributed by atoms with Gasteiger partial charge in [-0.2, -0.15) is 0 Å². The minimum atomic E-state index is -0.0848. The highest BCUT2D eigenvalue weighted by Gasteiger charge is 2.15. The van der Waals surface area contributed by atoms with Crippen molar-refractivity contribution in [2.24, 2.45) is 0 Å². The zero-order valence-corrected chi connectivity index (χ0v) is 12.7. The van der Waals surface area contributed by atoms with Crippen LogP contribution in [0.2, 0.25) is 0 Å². The number of thiophene rings is 1. The molecular weight excluding hydrogens is 294 g/mol. The SMILES string of the molecule is Cc1cccc(-c2c(O)ccc3[nH]c(=O)c4sccc4c23)c1. The Kier molecular flexibility index (Phi) is 2.81. The summed E-state index contributed by atoms with van der Waals surface area (Å²) in [5.74, 6) is 0.220. The fourth-order valence-electron chi connectivity index (χ4n) is 2.93. The smallest absolute Gasteiger partial charge is 0.266 e. The molecule has 0 unspecified atom stereocenters. The lowest BCUT2D eigenvalue weighted by Crippen LogP contribution is -2.04. The number of benzene rings is 2. The van der Waals surface area contributed by atoms with Crippen molar-refractivity contribution < 1.29 is 5.11 Å². The third-order valence-corrected chi connectivity index (χ3v) is 4.79. The third kappa shape index (κ3) is 1.84. The molecule has 0 aliphatic carbocycles. The van der Waals surface area contributed by atoms with E-state index in [0.717, 1.165) is 33.0 Å². The number of phenols is 1. The van der Waals surface area contributed by atoms with Crippen LogP contribution < -0.4 is 5.56 Å². The number of aromatic hydroxyl groups is 1. The first kappa shape index (κ1) is 13.1. The van der Waals surface area contributed by atoms with Gasteiger partial charge in [-0.25, -0.2) is 0 Å². The van der Waals surface area contributed by atoms with E-state index in [4.69, 9.17) is 0 Å². The lowest BCUT2D eigenvalue weighted by molar-refractivity contribution is 0.478. The van der Waals surface area contributed by atoms with Crippen LogP contribution in [0.4, 0.5) is 0 Å². The molecule has 0 saturated carbocycles. The lowest BCUT2D eigenvalue weighted by Gasteiger charge is -2.11. The molecule has 4 rings (SSSR count). The minimum absolute atomic E-state index is 0.0848. The summed E-state index contributed by atoms with van der Waals surface area (Å²) in [4.78, 5) is 15.0. The molecule has 2 heterocycles. The van der Waals surface area contributed by atoms with Gasteiger partial charge in [-0.05, 0) is 36.1 Å². The molecule has 2 aromatic heterocycles. The second-order valence-electron chi connectivity index (χ2n) is 5.37. The molecule has 0 spiro atoms. The molecule has 0 saturated heterocycles. The number of nitrogens with one attached hydrogen (secondary N) is 1. The molecule has 22 heavy (non-hydrogen) atoms. The molecule has 3 nitrogen and oxygen atoms in total. The molecular formula is C18H13NO2S. The van der Waals surface area contributed by atoms with Crippen LogP contribution in [-0.4, -0.2) is 10.1 Å². The van der Waals surface area contributed by atoms with Gasteiger partial charge in [0.2, 0.25) is 0 Å². The highest BCUT2D eigenvalue weighted by Crippen LogP contribution is 2.39. The predicted molar refractivity (Wildman–Crippen MR) is 91.8 cm³/mol. The fourth-order valence-corrected chi connectivity index (χ4v) is 3.72. The molecule has 0 aliphatic heterocycles. The number of hydrogen-bond acceptors (Lipinski definition) is 3. The fraction of sp³-hybridized carbons (Fsp3) is 0.0556. The van der Waals surface area contributed by atoms with E-state index in [-0.39, 0.29) is 11.3 Å². The van der Waals surface area contributed by atoms with Gasteiger partial charge < -0.3 is 10.1 Å². The van der Waals surface area contributed by atoms with Crippen LogP contribution in [0, 0.1) is 6.92 Å². The van der Waals surface area contributed by atoms with E-state index in [0.29, 0.717) is 4.70 Å². The van der Waals surface area contributed by atoms with Crippen molar-refractivity contribution in [2.45, 2.75) is 6.92 Å². The molecule has 2 N–H and O–H groups in total. The zero-order chi connectivity index (χ0) is 15.3. The molecule has 0 atom stereocenters. The number of aromatic amines is 1. The van der Waals surface area contributed by atoms with Crippen molar-refractivity contribution in [3.63, 3.8) is 0 Å². The molecule has 4 heteroatoms. The van der Waals surface area contributed by atoms with E-state index in [1.807, 2.05) is 42.6 Å². The van der Waals surface area contributed by atoms with Gasteiger partial charge in [0.1, 0.15) is 10.4 Å². The Morgan fingerprint density at radius 2 is 2.00 bits per heavy atom. The Morgan fingerprint density at radius 3 is 2.82 bits per heavy atom. The summed E-state index contributed by atoms with van der Waals surface area (Å²) in [5, 5.41) is 14.1. The Balaban J connectivity index is 2.24. The maximum atomic E-state index is 12.1. The van der Waals surface area contributed by atoms with Gasteiger partial charge in [0.25, 0.3) is 5.56 Å². The van der Waals surface area contributed by atoms with E-state index in [9.17, 15) is 9.90 Å². The van der Waals surface area contributed by atoms with Crippen LogP contribution in [-0.2, 0) is 0 Å². The average Bonchev–Trinajstić information content (AvgIpc) is 2.98. The lowest BCUT2D eigenvalue weighted by atomic mass is 9.96. The topological polar surface area (TPSA) is 53.1 Å². The van der Waals surface area contributed by atoms with Crippen LogP contribution >= 0.6 is 11.3 Å². The van der Waals surface area contributed by atoms with Crippen LogP contribution in [0.15, 0.2) is 52.6 Å². The number of H-pyrrole nitrogens is 1. The number of fused-ring (bicyclic) bond motifs is 3. The number of phenolic OH excluding ortho intramolecular Hbond substituents is 1. The van der Waals surface area contributed by atoms with Crippen LogP contribution in [0.3, 0.4) is 0 Å². The normalized spacial score (nSPS) is 11.3. The number of aromatic nitrogens is 1. The summed E-state index contributed by atoms with van der Waals surface area (Å²) in [6.45, 7) is 2.02. The quantitative estimate of drug-likeness (QED) is 0.547. The largest absolute Gasteiger partial charge is 0.507 e. The summed E-state index contributed by atoms with van der Waals surface area (Å²) >= 11 is 1.42. The minimum Gasteiger partial charge on any atom is -0.507 e. The summed E-state index contributed by atoms with van der Waals surface area (Å²) < 4.78 is 0.687. The molecule has 4 aromatic rings. The molecule has 0 fully saturated rings. The molecule has 2 aromatic carbocycles. The second-order valence-corrected chi connectivity index (χ2v) is 6.29. The first-order chi connectivity index (χ1) is 10.6. The van der Waals surface area contributed by atoms with E-state index in [1.165, 1.54) is 11.3 Å². The number of rotatable bonds is 1. The Hall–Kier alpha value is -2.59. The van der Waals surface area contributed by atoms with Crippen molar-refractivity contribution in [3.05, 3.63) is 63.8 Å². The summed E-state index contributed by atoms with van der Waals surface area (Å²) in [6.07, 6.45) is 0. The molecule has 0 radical (unpaired) electrons.